The number of carbonyl (C=O) groups excluding carboxylic acids is 1. The first-order chi connectivity index (χ1) is 15.5. The van der Waals surface area contributed by atoms with Crippen LogP contribution in [0.3, 0.4) is 0 Å². The lowest BCUT2D eigenvalue weighted by molar-refractivity contribution is 0.102. The molecule has 0 aliphatic heterocycles. The first kappa shape index (κ1) is 24.4. The second kappa shape index (κ2) is 9.74. The number of anilines is 2. The summed E-state index contributed by atoms with van der Waals surface area (Å²) in [6.07, 6.45) is 0. The first-order valence-corrected chi connectivity index (χ1v) is 13.1. The quantitative estimate of drug-likeness (QED) is 0.447. The highest BCUT2D eigenvalue weighted by Gasteiger charge is 2.18. The standard InChI is InChI=1S/C23H25N3O5S2/c1-16(2)25-33(30,31)22-6-4-5-18(15-22)23(27)24-19-9-11-20(12-10-19)26-32(28,29)21-13-7-17(3)8-14-21/h4-16,25-26H,1-3H3,(H,24,27). The van der Waals surface area contributed by atoms with Crippen molar-refractivity contribution >= 4 is 37.3 Å². The third-order valence-corrected chi connectivity index (χ3v) is 7.58. The van der Waals surface area contributed by atoms with Crippen molar-refractivity contribution in [3.63, 3.8) is 0 Å². The van der Waals surface area contributed by atoms with E-state index in [0.29, 0.717) is 11.4 Å². The summed E-state index contributed by atoms with van der Waals surface area (Å²) in [6, 6.07) is 18.0. The van der Waals surface area contributed by atoms with Crippen molar-refractivity contribution < 1.29 is 21.6 Å². The molecule has 0 bridgehead atoms. The second-order valence-electron chi connectivity index (χ2n) is 7.75. The van der Waals surface area contributed by atoms with Gasteiger partial charge in [-0.15, -0.1) is 0 Å². The molecule has 3 aromatic rings. The number of hydrogen-bond acceptors (Lipinski definition) is 5. The number of aryl methyl sites for hydroxylation is 1. The van der Waals surface area contributed by atoms with Gasteiger partial charge in [-0.2, -0.15) is 0 Å². The first-order valence-electron chi connectivity index (χ1n) is 10.1. The molecular formula is C23H25N3O5S2. The summed E-state index contributed by atoms with van der Waals surface area (Å²) in [6.45, 7) is 5.28. The van der Waals surface area contributed by atoms with E-state index in [-0.39, 0.29) is 21.4 Å². The summed E-state index contributed by atoms with van der Waals surface area (Å²) in [5.74, 6) is -0.496. The summed E-state index contributed by atoms with van der Waals surface area (Å²) in [5, 5.41) is 2.67. The Labute approximate surface area is 194 Å². The van der Waals surface area contributed by atoms with Crippen LogP contribution in [0.5, 0.6) is 0 Å². The molecule has 1 amide bonds. The molecule has 0 aromatic heterocycles. The van der Waals surface area contributed by atoms with Crippen LogP contribution in [0.25, 0.3) is 0 Å². The Balaban J connectivity index is 1.71. The fourth-order valence-corrected chi connectivity index (χ4v) is 5.29. The Morgan fingerprint density at radius 2 is 1.36 bits per heavy atom. The summed E-state index contributed by atoms with van der Waals surface area (Å²) < 4.78 is 54.7. The van der Waals surface area contributed by atoms with Crippen molar-refractivity contribution in [2.75, 3.05) is 10.0 Å². The Morgan fingerprint density at radius 1 is 0.758 bits per heavy atom. The summed E-state index contributed by atoms with van der Waals surface area (Å²) in [7, 11) is -7.47. The number of rotatable bonds is 8. The number of amides is 1. The molecule has 0 radical (unpaired) electrons. The van der Waals surface area contributed by atoms with Crippen LogP contribution in [0.4, 0.5) is 11.4 Å². The molecule has 3 N–H and O–H groups in total. The minimum atomic E-state index is -3.74. The SMILES string of the molecule is Cc1ccc(S(=O)(=O)Nc2ccc(NC(=O)c3cccc(S(=O)(=O)NC(C)C)c3)cc2)cc1. The highest BCUT2D eigenvalue weighted by molar-refractivity contribution is 7.92. The van der Waals surface area contributed by atoms with Crippen molar-refractivity contribution in [3.8, 4) is 0 Å². The molecule has 8 nitrogen and oxygen atoms in total. The Hall–Kier alpha value is -3.21. The third-order valence-electron chi connectivity index (χ3n) is 4.52. The summed E-state index contributed by atoms with van der Waals surface area (Å²) >= 11 is 0. The molecule has 0 saturated heterocycles. The topological polar surface area (TPSA) is 121 Å². The van der Waals surface area contributed by atoms with E-state index >= 15 is 0 Å². The van der Waals surface area contributed by atoms with Gasteiger partial charge in [0.2, 0.25) is 10.0 Å². The van der Waals surface area contributed by atoms with Gasteiger partial charge in [-0.3, -0.25) is 9.52 Å². The van der Waals surface area contributed by atoms with Gasteiger partial charge in [0.15, 0.2) is 0 Å². The fraction of sp³-hybridized carbons (Fsp3) is 0.174. The smallest absolute Gasteiger partial charge is 0.261 e. The zero-order chi connectivity index (χ0) is 24.2. The van der Waals surface area contributed by atoms with E-state index in [0.717, 1.165) is 5.56 Å². The van der Waals surface area contributed by atoms with E-state index in [4.69, 9.17) is 0 Å². The Morgan fingerprint density at radius 3 is 1.97 bits per heavy atom. The Kier molecular flexibility index (Phi) is 7.21. The summed E-state index contributed by atoms with van der Waals surface area (Å²) in [5.41, 5.74) is 1.88. The van der Waals surface area contributed by atoms with Gasteiger partial charge in [0, 0.05) is 23.0 Å². The lowest BCUT2D eigenvalue weighted by Gasteiger charge is -2.11. The number of hydrogen-bond donors (Lipinski definition) is 3. The van der Waals surface area contributed by atoms with Crippen molar-refractivity contribution in [1.29, 1.82) is 0 Å². The highest BCUT2D eigenvalue weighted by Crippen LogP contribution is 2.20. The second-order valence-corrected chi connectivity index (χ2v) is 11.2. The molecule has 0 atom stereocenters. The van der Waals surface area contributed by atoms with E-state index in [1.165, 1.54) is 48.5 Å². The van der Waals surface area contributed by atoms with Crippen molar-refractivity contribution in [2.45, 2.75) is 36.6 Å². The molecule has 0 heterocycles. The van der Waals surface area contributed by atoms with E-state index in [2.05, 4.69) is 14.8 Å². The maximum atomic E-state index is 12.6. The van der Waals surface area contributed by atoms with Crippen LogP contribution >= 0.6 is 0 Å². The zero-order valence-corrected chi connectivity index (χ0v) is 20.0. The maximum absolute atomic E-state index is 12.6. The monoisotopic (exact) mass is 487 g/mol. The van der Waals surface area contributed by atoms with Crippen LogP contribution in [0.1, 0.15) is 29.8 Å². The molecule has 174 valence electrons. The van der Waals surface area contributed by atoms with Crippen LogP contribution in [0.2, 0.25) is 0 Å². The normalized spacial score (nSPS) is 11.9. The third kappa shape index (κ3) is 6.41. The molecule has 3 aromatic carbocycles. The maximum Gasteiger partial charge on any atom is 0.261 e. The van der Waals surface area contributed by atoms with Gasteiger partial charge in [-0.05, 0) is 75.4 Å². The predicted molar refractivity (Wildman–Crippen MR) is 128 cm³/mol. The van der Waals surface area contributed by atoms with E-state index in [1.807, 2.05) is 6.92 Å². The van der Waals surface area contributed by atoms with Crippen LogP contribution in [0.15, 0.2) is 82.6 Å². The number of sulfonamides is 2. The van der Waals surface area contributed by atoms with Gasteiger partial charge in [0.1, 0.15) is 0 Å². The summed E-state index contributed by atoms with van der Waals surface area (Å²) in [4.78, 5) is 12.7. The fourth-order valence-electron chi connectivity index (χ4n) is 2.94. The minimum absolute atomic E-state index is 0.00953. The molecule has 0 unspecified atom stereocenters. The van der Waals surface area contributed by atoms with Gasteiger partial charge >= 0.3 is 0 Å². The zero-order valence-electron chi connectivity index (χ0n) is 18.4. The van der Waals surface area contributed by atoms with Gasteiger partial charge < -0.3 is 5.32 Å². The van der Waals surface area contributed by atoms with E-state index in [9.17, 15) is 21.6 Å². The van der Waals surface area contributed by atoms with Gasteiger partial charge in [0.25, 0.3) is 15.9 Å². The van der Waals surface area contributed by atoms with Gasteiger partial charge in [-0.25, -0.2) is 21.6 Å². The molecule has 0 saturated carbocycles. The van der Waals surface area contributed by atoms with Crippen LogP contribution < -0.4 is 14.8 Å². The molecule has 0 aliphatic rings. The molecule has 0 aliphatic carbocycles. The molecule has 10 heteroatoms. The largest absolute Gasteiger partial charge is 0.322 e. The molecule has 0 fully saturated rings. The average Bonchev–Trinajstić information content (AvgIpc) is 2.74. The van der Waals surface area contributed by atoms with Crippen molar-refractivity contribution in [2.24, 2.45) is 0 Å². The Bertz CT molecular complexity index is 1350. The lowest BCUT2D eigenvalue weighted by Crippen LogP contribution is -2.30. The van der Waals surface area contributed by atoms with Gasteiger partial charge in [-0.1, -0.05) is 23.8 Å². The lowest BCUT2D eigenvalue weighted by atomic mass is 10.2. The van der Waals surface area contributed by atoms with Crippen molar-refractivity contribution in [1.82, 2.24) is 4.72 Å². The number of carbonyl (C=O) groups is 1. The molecule has 0 spiro atoms. The van der Waals surface area contributed by atoms with Crippen LogP contribution in [0, 0.1) is 6.92 Å². The molecule has 33 heavy (non-hydrogen) atoms. The van der Waals surface area contributed by atoms with Gasteiger partial charge in [0.05, 0.1) is 9.79 Å². The van der Waals surface area contributed by atoms with Crippen LogP contribution in [-0.2, 0) is 20.0 Å². The number of benzene rings is 3. The molecule has 3 rings (SSSR count). The minimum Gasteiger partial charge on any atom is -0.322 e. The van der Waals surface area contributed by atoms with E-state index < -0.39 is 26.0 Å². The highest BCUT2D eigenvalue weighted by atomic mass is 32.2. The average molecular weight is 488 g/mol. The van der Waals surface area contributed by atoms with Crippen molar-refractivity contribution in [3.05, 3.63) is 83.9 Å². The molecular weight excluding hydrogens is 462 g/mol. The number of nitrogens with one attached hydrogen (secondary N) is 3. The predicted octanol–water partition coefficient (Wildman–Crippen LogP) is 3.73. The van der Waals surface area contributed by atoms with E-state index in [1.54, 1.807) is 38.1 Å². The van der Waals surface area contributed by atoms with Crippen LogP contribution in [-0.4, -0.2) is 28.8 Å².